The van der Waals surface area contributed by atoms with Gasteiger partial charge in [-0.25, -0.2) is 4.98 Å². The molecule has 19 heavy (non-hydrogen) atoms. The molecule has 0 saturated heterocycles. The highest BCUT2D eigenvalue weighted by molar-refractivity contribution is 9.10. The minimum Gasteiger partial charge on any atom is -0.369 e. The Kier molecular flexibility index (Phi) is 4.25. The van der Waals surface area contributed by atoms with Crippen molar-refractivity contribution in [2.24, 2.45) is 0 Å². The third kappa shape index (κ3) is 3.80. The smallest absolute Gasteiger partial charge is 0.125 e. The fraction of sp³-hybridized carbons (Fsp3) is 0.312. The monoisotopic (exact) mass is 318 g/mol. The number of aryl methyl sites for hydroxylation is 1. The number of rotatable bonds is 4. The summed E-state index contributed by atoms with van der Waals surface area (Å²) < 4.78 is 0.996. The maximum absolute atomic E-state index is 4.33. The molecule has 100 valence electrons. The lowest BCUT2D eigenvalue weighted by atomic mass is 9.84. The first-order chi connectivity index (χ1) is 8.97. The normalized spacial score (nSPS) is 11.4. The molecule has 0 radical (unpaired) electrons. The van der Waals surface area contributed by atoms with Crippen molar-refractivity contribution in [2.45, 2.75) is 26.2 Å². The Morgan fingerprint density at radius 2 is 2.00 bits per heavy atom. The predicted molar refractivity (Wildman–Crippen MR) is 84.6 cm³/mol. The molecule has 0 bridgehead atoms. The molecule has 0 aliphatic rings. The molecule has 0 spiro atoms. The van der Waals surface area contributed by atoms with Gasteiger partial charge in [-0.3, -0.25) is 0 Å². The van der Waals surface area contributed by atoms with Crippen LogP contribution < -0.4 is 5.32 Å². The first-order valence-electron chi connectivity index (χ1n) is 6.40. The fourth-order valence-electron chi connectivity index (χ4n) is 1.96. The van der Waals surface area contributed by atoms with Gasteiger partial charge in [-0.05, 0) is 40.5 Å². The first-order valence-corrected chi connectivity index (χ1v) is 7.19. The van der Waals surface area contributed by atoms with E-state index in [-0.39, 0.29) is 5.41 Å². The van der Waals surface area contributed by atoms with Gasteiger partial charge in [0.05, 0.1) is 0 Å². The van der Waals surface area contributed by atoms with Crippen LogP contribution in [0.5, 0.6) is 0 Å². The van der Waals surface area contributed by atoms with E-state index in [0.717, 1.165) is 16.8 Å². The summed E-state index contributed by atoms with van der Waals surface area (Å²) >= 11 is 3.39. The van der Waals surface area contributed by atoms with Crippen molar-refractivity contribution >= 4 is 21.7 Å². The van der Waals surface area contributed by atoms with Crippen LogP contribution in [-0.2, 0) is 5.41 Å². The Morgan fingerprint density at radius 3 is 2.63 bits per heavy atom. The van der Waals surface area contributed by atoms with Crippen molar-refractivity contribution in [3.8, 4) is 0 Å². The van der Waals surface area contributed by atoms with Crippen LogP contribution in [0.4, 0.5) is 5.82 Å². The number of pyridine rings is 1. The zero-order valence-corrected chi connectivity index (χ0v) is 13.2. The number of aromatic nitrogens is 1. The highest BCUT2D eigenvalue weighted by Gasteiger charge is 2.20. The molecule has 0 atom stereocenters. The molecular formula is C16H19BrN2. The molecule has 0 unspecified atom stereocenters. The van der Waals surface area contributed by atoms with Crippen molar-refractivity contribution < 1.29 is 0 Å². The summed E-state index contributed by atoms with van der Waals surface area (Å²) in [7, 11) is 0. The second kappa shape index (κ2) is 5.74. The average Bonchev–Trinajstić information content (AvgIpc) is 2.38. The van der Waals surface area contributed by atoms with Crippen molar-refractivity contribution in [1.82, 2.24) is 4.98 Å². The molecule has 1 N–H and O–H groups in total. The highest BCUT2D eigenvalue weighted by atomic mass is 79.9. The molecule has 0 aliphatic carbocycles. The van der Waals surface area contributed by atoms with E-state index in [1.54, 1.807) is 0 Å². The van der Waals surface area contributed by atoms with E-state index in [2.05, 4.69) is 71.3 Å². The molecule has 1 heterocycles. The van der Waals surface area contributed by atoms with E-state index in [0.29, 0.717) is 0 Å². The number of anilines is 1. The molecule has 0 saturated carbocycles. The number of hydrogen-bond acceptors (Lipinski definition) is 2. The fourth-order valence-corrected chi connectivity index (χ4v) is 2.19. The lowest BCUT2D eigenvalue weighted by Gasteiger charge is -2.26. The summed E-state index contributed by atoms with van der Waals surface area (Å²) in [5, 5.41) is 3.40. The highest BCUT2D eigenvalue weighted by Crippen LogP contribution is 2.24. The van der Waals surface area contributed by atoms with Crippen molar-refractivity contribution in [3.05, 3.63) is 58.2 Å². The van der Waals surface area contributed by atoms with E-state index in [1.165, 1.54) is 11.1 Å². The van der Waals surface area contributed by atoms with Crippen molar-refractivity contribution in [2.75, 3.05) is 11.9 Å². The van der Waals surface area contributed by atoms with Crippen LogP contribution in [0, 0.1) is 6.92 Å². The van der Waals surface area contributed by atoms with Crippen LogP contribution in [0.1, 0.15) is 25.0 Å². The van der Waals surface area contributed by atoms with Crippen LogP contribution in [0.2, 0.25) is 0 Å². The summed E-state index contributed by atoms with van der Waals surface area (Å²) in [6, 6.07) is 12.7. The van der Waals surface area contributed by atoms with Gasteiger partial charge in [-0.1, -0.05) is 43.7 Å². The maximum atomic E-state index is 4.33. The van der Waals surface area contributed by atoms with Crippen LogP contribution in [0.15, 0.2) is 47.1 Å². The van der Waals surface area contributed by atoms with Gasteiger partial charge in [0.1, 0.15) is 5.82 Å². The quantitative estimate of drug-likeness (QED) is 0.895. The molecular weight excluding hydrogens is 300 g/mol. The van der Waals surface area contributed by atoms with Gasteiger partial charge in [0.2, 0.25) is 0 Å². The van der Waals surface area contributed by atoms with Crippen LogP contribution in [0.3, 0.4) is 0 Å². The summed E-state index contributed by atoms with van der Waals surface area (Å²) in [4.78, 5) is 4.33. The first kappa shape index (κ1) is 14.1. The van der Waals surface area contributed by atoms with Gasteiger partial charge >= 0.3 is 0 Å². The summed E-state index contributed by atoms with van der Waals surface area (Å²) in [5.41, 5.74) is 2.71. The van der Waals surface area contributed by atoms with Crippen LogP contribution >= 0.6 is 15.9 Å². The van der Waals surface area contributed by atoms with Gasteiger partial charge < -0.3 is 5.32 Å². The Balaban J connectivity index is 2.07. The zero-order valence-electron chi connectivity index (χ0n) is 11.6. The molecule has 1 aromatic carbocycles. The Labute approximate surface area is 123 Å². The SMILES string of the molecule is Cc1cccc(C(C)(C)CNc2ccc(Br)cn2)c1. The van der Waals surface area contributed by atoms with E-state index < -0.39 is 0 Å². The van der Waals surface area contributed by atoms with E-state index in [4.69, 9.17) is 0 Å². The van der Waals surface area contributed by atoms with E-state index >= 15 is 0 Å². The standard InChI is InChI=1S/C16H19BrN2/c1-12-5-4-6-13(9-12)16(2,3)11-19-15-8-7-14(17)10-18-15/h4-10H,11H2,1-3H3,(H,18,19). The van der Waals surface area contributed by atoms with Gasteiger partial charge in [0.25, 0.3) is 0 Å². The van der Waals surface area contributed by atoms with Gasteiger partial charge in [0, 0.05) is 22.6 Å². The molecule has 0 amide bonds. The lowest BCUT2D eigenvalue weighted by Crippen LogP contribution is -2.27. The summed E-state index contributed by atoms with van der Waals surface area (Å²) in [6.45, 7) is 7.47. The molecule has 1 aromatic heterocycles. The third-order valence-electron chi connectivity index (χ3n) is 3.24. The molecule has 2 nitrogen and oxygen atoms in total. The number of halogens is 1. The van der Waals surface area contributed by atoms with Crippen LogP contribution in [0.25, 0.3) is 0 Å². The van der Waals surface area contributed by atoms with Gasteiger partial charge in [-0.2, -0.15) is 0 Å². The minimum atomic E-state index is 0.0702. The number of benzene rings is 1. The van der Waals surface area contributed by atoms with Crippen molar-refractivity contribution in [1.29, 1.82) is 0 Å². The number of nitrogens with one attached hydrogen (secondary N) is 1. The van der Waals surface area contributed by atoms with Crippen LogP contribution in [-0.4, -0.2) is 11.5 Å². The Hall–Kier alpha value is -1.35. The second-order valence-electron chi connectivity index (χ2n) is 5.47. The Bertz CT molecular complexity index is 547. The second-order valence-corrected chi connectivity index (χ2v) is 6.38. The molecule has 3 heteroatoms. The molecule has 0 fully saturated rings. The summed E-state index contributed by atoms with van der Waals surface area (Å²) in [6.07, 6.45) is 1.81. The van der Waals surface area contributed by atoms with Crippen molar-refractivity contribution in [3.63, 3.8) is 0 Å². The minimum absolute atomic E-state index is 0.0702. The molecule has 0 aliphatic heterocycles. The maximum Gasteiger partial charge on any atom is 0.125 e. The van der Waals surface area contributed by atoms with E-state index in [9.17, 15) is 0 Å². The molecule has 2 rings (SSSR count). The largest absolute Gasteiger partial charge is 0.369 e. The number of nitrogens with zero attached hydrogens (tertiary/aromatic N) is 1. The number of hydrogen-bond donors (Lipinski definition) is 1. The molecule has 2 aromatic rings. The lowest BCUT2D eigenvalue weighted by molar-refractivity contribution is 0.556. The van der Waals surface area contributed by atoms with Gasteiger partial charge in [0.15, 0.2) is 0 Å². The Morgan fingerprint density at radius 1 is 1.21 bits per heavy atom. The third-order valence-corrected chi connectivity index (χ3v) is 3.71. The predicted octanol–water partition coefficient (Wildman–Crippen LogP) is 4.54. The zero-order chi connectivity index (χ0) is 13.9. The average molecular weight is 319 g/mol. The van der Waals surface area contributed by atoms with E-state index in [1.807, 2.05) is 18.3 Å². The topological polar surface area (TPSA) is 24.9 Å². The summed E-state index contributed by atoms with van der Waals surface area (Å²) in [5.74, 6) is 0.906. The van der Waals surface area contributed by atoms with Gasteiger partial charge in [-0.15, -0.1) is 0 Å².